The Kier molecular flexibility index (Phi) is 2.95. The average molecular weight is 211 g/mol. The molecule has 0 amide bonds. The average Bonchev–Trinajstić information content (AvgIpc) is 2.68. The molecule has 0 spiro atoms. The largest absolute Gasteiger partial charge is 0.399 e. The van der Waals surface area contributed by atoms with E-state index in [1.807, 2.05) is 19.9 Å². The van der Waals surface area contributed by atoms with Crippen molar-refractivity contribution in [2.75, 3.05) is 5.73 Å². The van der Waals surface area contributed by atoms with Crippen molar-refractivity contribution in [3.8, 4) is 11.1 Å². The number of benzene rings is 2. The molecule has 0 saturated heterocycles. The Labute approximate surface area is 96.9 Å². The molecule has 0 aliphatic heterocycles. The lowest BCUT2D eigenvalue weighted by Gasteiger charge is -2.00. The Hall–Kier alpha value is -1.76. The normalized spacial score (nSPS) is 11.1. The Morgan fingerprint density at radius 2 is 1.56 bits per heavy atom. The van der Waals surface area contributed by atoms with Gasteiger partial charge in [-0.05, 0) is 40.8 Å². The summed E-state index contributed by atoms with van der Waals surface area (Å²) >= 11 is 0. The molecule has 0 atom stereocenters. The third-order valence-corrected chi connectivity index (χ3v) is 2.82. The van der Waals surface area contributed by atoms with E-state index in [4.69, 9.17) is 5.73 Å². The minimum atomic E-state index is 0.858. The fourth-order valence-electron chi connectivity index (χ4n) is 2.17. The molecule has 82 valence electrons. The van der Waals surface area contributed by atoms with Crippen molar-refractivity contribution in [1.82, 2.24) is 0 Å². The molecular formula is C15H17N. The van der Waals surface area contributed by atoms with E-state index in [2.05, 4.69) is 36.4 Å². The van der Waals surface area contributed by atoms with Crippen molar-refractivity contribution >= 4 is 5.69 Å². The van der Waals surface area contributed by atoms with Gasteiger partial charge in [0.2, 0.25) is 0 Å². The minimum absolute atomic E-state index is 0.858. The summed E-state index contributed by atoms with van der Waals surface area (Å²) in [5, 5.41) is 0. The Morgan fingerprint density at radius 3 is 2.38 bits per heavy atom. The smallest absolute Gasteiger partial charge is 0.0317 e. The molecule has 0 unspecified atom stereocenters. The number of fused-ring (bicyclic) bond motifs is 3. The van der Waals surface area contributed by atoms with Crippen molar-refractivity contribution in [2.24, 2.45) is 0 Å². The van der Waals surface area contributed by atoms with E-state index in [1.165, 1.54) is 22.3 Å². The molecule has 1 heteroatoms. The first-order valence-corrected chi connectivity index (χ1v) is 5.81. The molecule has 1 nitrogen and oxygen atoms in total. The summed E-state index contributed by atoms with van der Waals surface area (Å²) in [6.07, 6.45) is 1.02. The second-order valence-electron chi connectivity index (χ2n) is 3.75. The zero-order valence-corrected chi connectivity index (χ0v) is 9.83. The monoisotopic (exact) mass is 211 g/mol. The molecule has 16 heavy (non-hydrogen) atoms. The van der Waals surface area contributed by atoms with Crippen LogP contribution < -0.4 is 5.73 Å². The summed E-state index contributed by atoms with van der Waals surface area (Å²) in [6, 6.07) is 14.7. The van der Waals surface area contributed by atoms with Crippen LogP contribution in [0.1, 0.15) is 25.0 Å². The summed E-state index contributed by atoms with van der Waals surface area (Å²) in [7, 11) is 0. The SMILES string of the molecule is CC.Nc1ccc2c(c1)Cc1ccccc1-2. The second kappa shape index (κ2) is 4.40. The molecule has 0 bridgehead atoms. The molecule has 3 rings (SSSR count). The van der Waals surface area contributed by atoms with Crippen molar-refractivity contribution in [2.45, 2.75) is 20.3 Å². The predicted molar refractivity (Wildman–Crippen MR) is 70.4 cm³/mol. The summed E-state index contributed by atoms with van der Waals surface area (Å²) in [5.74, 6) is 0. The summed E-state index contributed by atoms with van der Waals surface area (Å²) in [4.78, 5) is 0. The zero-order valence-electron chi connectivity index (χ0n) is 9.83. The summed E-state index contributed by atoms with van der Waals surface area (Å²) in [6.45, 7) is 4.00. The number of rotatable bonds is 0. The second-order valence-corrected chi connectivity index (χ2v) is 3.75. The third-order valence-electron chi connectivity index (χ3n) is 2.82. The van der Waals surface area contributed by atoms with Gasteiger partial charge in [0, 0.05) is 5.69 Å². The van der Waals surface area contributed by atoms with Gasteiger partial charge in [0.15, 0.2) is 0 Å². The van der Waals surface area contributed by atoms with Gasteiger partial charge in [-0.25, -0.2) is 0 Å². The highest BCUT2D eigenvalue weighted by molar-refractivity contribution is 5.78. The standard InChI is InChI=1S/C13H11N.C2H6/c14-11-5-6-13-10(8-11)7-9-3-1-2-4-12(9)13;1-2/h1-6,8H,7,14H2;1-2H3. The Morgan fingerprint density at radius 1 is 0.875 bits per heavy atom. The number of hydrogen-bond acceptors (Lipinski definition) is 1. The van der Waals surface area contributed by atoms with Crippen LogP contribution in [0.5, 0.6) is 0 Å². The highest BCUT2D eigenvalue weighted by Gasteiger charge is 2.16. The number of nitrogens with two attached hydrogens (primary N) is 1. The molecule has 0 heterocycles. The van der Waals surface area contributed by atoms with Gasteiger partial charge in [0.25, 0.3) is 0 Å². The molecule has 2 aromatic carbocycles. The molecule has 0 aromatic heterocycles. The van der Waals surface area contributed by atoms with E-state index in [0.29, 0.717) is 0 Å². The first-order valence-electron chi connectivity index (χ1n) is 5.81. The fraction of sp³-hybridized carbons (Fsp3) is 0.200. The number of hydrogen-bond donors (Lipinski definition) is 1. The lowest BCUT2D eigenvalue weighted by molar-refractivity contribution is 1.26. The third kappa shape index (κ3) is 1.69. The predicted octanol–water partition coefficient (Wildman–Crippen LogP) is 3.87. The molecule has 0 radical (unpaired) electrons. The number of nitrogen functional groups attached to an aromatic ring is 1. The van der Waals surface area contributed by atoms with Gasteiger partial charge < -0.3 is 5.73 Å². The van der Waals surface area contributed by atoms with Crippen LogP contribution in [-0.4, -0.2) is 0 Å². The van der Waals surface area contributed by atoms with E-state index in [-0.39, 0.29) is 0 Å². The lowest BCUT2D eigenvalue weighted by Crippen LogP contribution is -1.86. The van der Waals surface area contributed by atoms with E-state index in [0.717, 1.165) is 12.1 Å². The minimum Gasteiger partial charge on any atom is -0.399 e. The van der Waals surface area contributed by atoms with Crippen LogP contribution in [0.2, 0.25) is 0 Å². The topological polar surface area (TPSA) is 26.0 Å². The van der Waals surface area contributed by atoms with E-state index in [1.54, 1.807) is 0 Å². The van der Waals surface area contributed by atoms with Crippen molar-refractivity contribution in [3.63, 3.8) is 0 Å². The number of anilines is 1. The van der Waals surface area contributed by atoms with Gasteiger partial charge in [-0.1, -0.05) is 44.2 Å². The molecule has 0 fully saturated rings. The van der Waals surface area contributed by atoms with E-state index >= 15 is 0 Å². The fourth-order valence-corrected chi connectivity index (χ4v) is 2.17. The van der Waals surface area contributed by atoms with Crippen molar-refractivity contribution < 1.29 is 0 Å². The maximum absolute atomic E-state index is 5.77. The zero-order chi connectivity index (χ0) is 11.5. The lowest BCUT2D eigenvalue weighted by atomic mass is 10.1. The van der Waals surface area contributed by atoms with Crippen LogP contribution >= 0.6 is 0 Å². The summed E-state index contributed by atoms with van der Waals surface area (Å²) < 4.78 is 0. The first kappa shape index (κ1) is 10.7. The van der Waals surface area contributed by atoms with Crippen LogP contribution in [0.15, 0.2) is 42.5 Å². The van der Waals surface area contributed by atoms with Gasteiger partial charge in [0.1, 0.15) is 0 Å². The van der Waals surface area contributed by atoms with Crippen LogP contribution in [0.3, 0.4) is 0 Å². The van der Waals surface area contributed by atoms with Gasteiger partial charge in [-0.3, -0.25) is 0 Å². The van der Waals surface area contributed by atoms with Crippen molar-refractivity contribution in [3.05, 3.63) is 53.6 Å². The van der Waals surface area contributed by atoms with Crippen molar-refractivity contribution in [1.29, 1.82) is 0 Å². The van der Waals surface area contributed by atoms with E-state index in [9.17, 15) is 0 Å². The molecule has 1 aliphatic rings. The van der Waals surface area contributed by atoms with Crippen LogP contribution in [-0.2, 0) is 6.42 Å². The van der Waals surface area contributed by atoms with Gasteiger partial charge in [-0.15, -0.1) is 0 Å². The maximum Gasteiger partial charge on any atom is 0.0317 e. The first-order chi connectivity index (χ1) is 7.84. The van der Waals surface area contributed by atoms with Crippen LogP contribution in [0.25, 0.3) is 11.1 Å². The van der Waals surface area contributed by atoms with Crippen LogP contribution in [0, 0.1) is 0 Å². The molecule has 2 N–H and O–H groups in total. The van der Waals surface area contributed by atoms with Gasteiger partial charge >= 0.3 is 0 Å². The molecule has 2 aromatic rings. The summed E-state index contributed by atoms with van der Waals surface area (Å²) in [5.41, 5.74) is 12.1. The molecule has 1 aliphatic carbocycles. The van der Waals surface area contributed by atoms with Crippen LogP contribution in [0.4, 0.5) is 5.69 Å². The molecular weight excluding hydrogens is 194 g/mol. The van der Waals surface area contributed by atoms with E-state index < -0.39 is 0 Å². The van der Waals surface area contributed by atoms with Gasteiger partial charge in [-0.2, -0.15) is 0 Å². The Balaban J connectivity index is 0.000000457. The van der Waals surface area contributed by atoms with Gasteiger partial charge in [0.05, 0.1) is 0 Å². The highest BCUT2D eigenvalue weighted by Crippen LogP contribution is 2.36. The maximum atomic E-state index is 5.77. The Bertz CT molecular complexity index is 501. The quantitative estimate of drug-likeness (QED) is 0.561. The highest BCUT2D eigenvalue weighted by atomic mass is 14.5. The molecule has 0 saturated carbocycles.